The van der Waals surface area contributed by atoms with Crippen LogP contribution in [0.3, 0.4) is 0 Å². The predicted octanol–water partition coefficient (Wildman–Crippen LogP) is 14.4. The van der Waals surface area contributed by atoms with Crippen LogP contribution >= 0.6 is 0 Å². The maximum atomic E-state index is 6.23. The van der Waals surface area contributed by atoms with Crippen LogP contribution in [0.4, 0.5) is 17.1 Å². The molecule has 10 rings (SSSR count). The van der Waals surface area contributed by atoms with E-state index in [1.54, 1.807) is 0 Å². The van der Waals surface area contributed by atoms with E-state index in [0.717, 1.165) is 39.0 Å². The fourth-order valence-corrected chi connectivity index (χ4v) is 7.63. The van der Waals surface area contributed by atoms with Crippen molar-refractivity contribution in [2.24, 2.45) is 0 Å². The van der Waals surface area contributed by atoms with Crippen molar-refractivity contribution in [1.82, 2.24) is 0 Å². The monoisotopic (exact) mass is 663 g/mol. The number of rotatable bonds is 6. The highest BCUT2D eigenvalue weighted by Crippen LogP contribution is 2.42. The SMILES string of the molecule is c1ccc(-c2ccc(N(c3cc(-c4ccccc4)cc(-c4ccccc4)c3)c3ccc4c(ccc5cc6oc7ccccc7c6cc54)c3)cc2)cc1. The van der Waals surface area contributed by atoms with Gasteiger partial charge in [0.1, 0.15) is 11.2 Å². The highest BCUT2D eigenvalue weighted by atomic mass is 16.3. The van der Waals surface area contributed by atoms with Crippen molar-refractivity contribution in [3.63, 3.8) is 0 Å². The number of hydrogen-bond donors (Lipinski definition) is 0. The summed E-state index contributed by atoms with van der Waals surface area (Å²) in [4.78, 5) is 2.39. The molecule has 0 aliphatic carbocycles. The molecule has 2 heteroatoms. The Labute approximate surface area is 302 Å². The van der Waals surface area contributed by atoms with Crippen molar-refractivity contribution < 1.29 is 4.42 Å². The summed E-state index contributed by atoms with van der Waals surface area (Å²) < 4.78 is 6.23. The Morgan fingerprint density at radius 2 is 0.808 bits per heavy atom. The second-order valence-corrected chi connectivity index (χ2v) is 13.4. The van der Waals surface area contributed by atoms with Gasteiger partial charge in [0.15, 0.2) is 0 Å². The summed E-state index contributed by atoms with van der Waals surface area (Å²) >= 11 is 0. The van der Waals surface area contributed by atoms with Crippen LogP contribution in [0.25, 0.3) is 76.9 Å². The Morgan fingerprint density at radius 1 is 0.269 bits per heavy atom. The summed E-state index contributed by atoms with van der Waals surface area (Å²) in [6, 6.07) is 71.9. The molecule has 0 radical (unpaired) electrons. The molecular formula is C50H33NO. The van der Waals surface area contributed by atoms with E-state index in [0.29, 0.717) is 0 Å². The van der Waals surface area contributed by atoms with Gasteiger partial charge in [-0.3, -0.25) is 0 Å². The van der Waals surface area contributed by atoms with E-state index in [2.05, 4.69) is 193 Å². The minimum absolute atomic E-state index is 0.918. The summed E-state index contributed by atoms with van der Waals surface area (Å²) in [6.07, 6.45) is 0. The molecule has 0 bridgehead atoms. The lowest BCUT2D eigenvalue weighted by Gasteiger charge is -2.27. The first kappa shape index (κ1) is 30.0. The lowest BCUT2D eigenvalue weighted by molar-refractivity contribution is 0.669. The van der Waals surface area contributed by atoms with E-state index in [1.807, 2.05) is 12.1 Å². The molecule has 0 aliphatic rings. The molecule has 0 aliphatic heterocycles. The Bertz CT molecular complexity index is 2820. The molecule has 9 aromatic carbocycles. The summed E-state index contributed by atoms with van der Waals surface area (Å²) in [6.45, 7) is 0. The van der Waals surface area contributed by atoms with Crippen molar-refractivity contribution in [3.05, 3.63) is 200 Å². The summed E-state index contributed by atoms with van der Waals surface area (Å²) in [5, 5.41) is 7.08. The van der Waals surface area contributed by atoms with E-state index in [9.17, 15) is 0 Å². The molecular weight excluding hydrogens is 631 g/mol. The van der Waals surface area contributed by atoms with Crippen LogP contribution in [0.5, 0.6) is 0 Å². The zero-order chi connectivity index (χ0) is 34.4. The van der Waals surface area contributed by atoms with Crippen LogP contribution in [0.15, 0.2) is 205 Å². The molecule has 0 atom stereocenters. The first-order chi connectivity index (χ1) is 25.7. The van der Waals surface area contributed by atoms with E-state index >= 15 is 0 Å². The highest BCUT2D eigenvalue weighted by molar-refractivity contribution is 6.16. The third-order valence-corrected chi connectivity index (χ3v) is 10.2. The third-order valence-electron chi connectivity index (χ3n) is 10.2. The van der Waals surface area contributed by atoms with Crippen LogP contribution in [0, 0.1) is 0 Å². The smallest absolute Gasteiger partial charge is 0.136 e. The molecule has 244 valence electrons. The quantitative estimate of drug-likeness (QED) is 0.165. The van der Waals surface area contributed by atoms with Gasteiger partial charge < -0.3 is 9.32 Å². The fraction of sp³-hybridized carbons (Fsp3) is 0. The molecule has 0 N–H and O–H groups in total. The minimum atomic E-state index is 0.918. The lowest BCUT2D eigenvalue weighted by atomic mass is 9.96. The molecule has 0 fully saturated rings. The van der Waals surface area contributed by atoms with Crippen molar-refractivity contribution in [2.75, 3.05) is 4.90 Å². The molecule has 52 heavy (non-hydrogen) atoms. The number of fused-ring (bicyclic) bond motifs is 6. The number of hydrogen-bond acceptors (Lipinski definition) is 2. The number of anilines is 3. The maximum absolute atomic E-state index is 6.23. The van der Waals surface area contributed by atoms with Crippen molar-refractivity contribution in [2.45, 2.75) is 0 Å². The normalized spacial score (nSPS) is 11.5. The molecule has 0 saturated carbocycles. The van der Waals surface area contributed by atoms with E-state index < -0.39 is 0 Å². The van der Waals surface area contributed by atoms with Gasteiger partial charge in [-0.15, -0.1) is 0 Å². The van der Waals surface area contributed by atoms with Crippen LogP contribution in [-0.4, -0.2) is 0 Å². The van der Waals surface area contributed by atoms with Crippen LogP contribution in [-0.2, 0) is 0 Å². The van der Waals surface area contributed by atoms with Gasteiger partial charge >= 0.3 is 0 Å². The molecule has 2 nitrogen and oxygen atoms in total. The van der Waals surface area contributed by atoms with Crippen molar-refractivity contribution in [3.8, 4) is 33.4 Å². The first-order valence-electron chi connectivity index (χ1n) is 17.7. The van der Waals surface area contributed by atoms with E-state index in [1.165, 1.54) is 54.9 Å². The molecule has 0 spiro atoms. The Morgan fingerprint density at radius 3 is 1.46 bits per heavy atom. The largest absolute Gasteiger partial charge is 0.456 e. The third kappa shape index (κ3) is 5.30. The van der Waals surface area contributed by atoms with Crippen molar-refractivity contribution >= 4 is 60.5 Å². The van der Waals surface area contributed by atoms with Gasteiger partial charge in [0, 0.05) is 27.8 Å². The Balaban J connectivity index is 1.18. The molecule has 1 aromatic heterocycles. The predicted molar refractivity (Wildman–Crippen MR) is 220 cm³/mol. The average molecular weight is 664 g/mol. The summed E-state index contributed by atoms with van der Waals surface area (Å²) in [7, 11) is 0. The van der Waals surface area contributed by atoms with Gasteiger partial charge in [0.25, 0.3) is 0 Å². The average Bonchev–Trinajstić information content (AvgIpc) is 3.58. The Kier molecular flexibility index (Phi) is 7.18. The second kappa shape index (κ2) is 12.5. The van der Waals surface area contributed by atoms with Crippen molar-refractivity contribution in [1.29, 1.82) is 0 Å². The lowest BCUT2D eigenvalue weighted by Crippen LogP contribution is -2.10. The number of furan rings is 1. The zero-order valence-corrected chi connectivity index (χ0v) is 28.4. The molecule has 0 saturated heterocycles. The Hall–Kier alpha value is -6.90. The number of benzene rings is 9. The second-order valence-electron chi connectivity index (χ2n) is 13.4. The standard InChI is InChI=1S/C50H33NO/c1-4-12-34(13-5-1)37-22-24-42(25-23-37)51(44-30-40(35-14-6-2-7-15-35)28-41(31-44)36-16-8-3-9-17-36)43-26-27-45-38(29-43)20-21-39-32-50-48(33-47(39)45)46-18-10-11-19-49(46)52-50/h1-33H. The number of nitrogens with zero attached hydrogens (tertiary/aromatic N) is 1. The number of para-hydroxylation sites is 1. The van der Waals surface area contributed by atoms with Gasteiger partial charge in [-0.2, -0.15) is 0 Å². The van der Waals surface area contributed by atoms with Gasteiger partial charge in [-0.05, 0) is 116 Å². The first-order valence-corrected chi connectivity index (χ1v) is 17.7. The fourth-order valence-electron chi connectivity index (χ4n) is 7.63. The van der Waals surface area contributed by atoms with Gasteiger partial charge in [-0.25, -0.2) is 0 Å². The molecule has 0 unspecified atom stereocenters. The van der Waals surface area contributed by atoms with E-state index in [4.69, 9.17) is 4.42 Å². The van der Waals surface area contributed by atoms with Gasteiger partial charge in [-0.1, -0.05) is 140 Å². The highest BCUT2D eigenvalue weighted by Gasteiger charge is 2.18. The van der Waals surface area contributed by atoms with Gasteiger partial charge in [0.05, 0.1) is 0 Å². The van der Waals surface area contributed by atoms with E-state index in [-0.39, 0.29) is 0 Å². The molecule has 0 amide bonds. The molecule has 10 aromatic rings. The minimum Gasteiger partial charge on any atom is -0.456 e. The van der Waals surface area contributed by atoms with Crippen LogP contribution in [0.2, 0.25) is 0 Å². The zero-order valence-electron chi connectivity index (χ0n) is 28.4. The molecule has 1 heterocycles. The van der Waals surface area contributed by atoms with Gasteiger partial charge in [0.2, 0.25) is 0 Å². The van der Waals surface area contributed by atoms with Crippen LogP contribution < -0.4 is 4.90 Å². The summed E-state index contributed by atoms with van der Waals surface area (Å²) in [5.41, 5.74) is 12.2. The van der Waals surface area contributed by atoms with Crippen LogP contribution in [0.1, 0.15) is 0 Å². The topological polar surface area (TPSA) is 16.4 Å². The maximum Gasteiger partial charge on any atom is 0.136 e. The summed E-state index contributed by atoms with van der Waals surface area (Å²) in [5.74, 6) is 0.